The minimum Gasteiger partial charge on any atom is -0.479 e. The highest BCUT2D eigenvalue weighted by Gasteiger charge is 2.27. The summed E-state index contributed by atoms with van der Waals surface area (Å²) in [5.41, 5.74) is 6.90. The predicted octanol–water partition coefficient (Wildman–Crippen LogP) is 3.53. The molecule has 0 radical (unpaired) electrons. The Morgan fingerprint density at radius 2 is 1.89 bits per heavy atom. The number of anilines is 2. The number of likely N-dealkylation sites (tertiary alicyclic amines) is 1. The number of aromatic nitrogens is 1. The molecule has 2 aromatic rings. The maximum Gasteiger partial charge on any atom is 0.270 e. The number of alkyl halides is 1. The summed E-state index contributed by atoms with van der Waals surface area (Å²) in [6, 6.07) is 9.22. The third kappa shape index (κ3) is 4.26. The van der Waals surface area contributed by atoms with Gasteiger partial charge in [-0.1, -0.05) is 12.1 Å². The number of primary amides is 1. The number of nitrogens with two attached hydrogens (primary N) is 1. The summed E-state index contributed by atoms with van der Waals surface area (Å²) in [5.74, 6) is 0.836. The highest BCUT2D eigenvalue weighted by Crippen LogP contribution is 2.31. The van der Waals surface area contributed by atoms with E-state index in [0.717, 1.165) is 37.2 Å². The summed E-state index contributed by atoms with van der Waals surface area (Å²) in [4.78, 5) is 29.3. The number of nitrogens with zero attached hydrogens (tertiary/aromatic N) is 1. The van der Waals surface area contributed by atoms with Crippen molar-refractivity contribution in [1.82, 2.24) is 9.88 Å². The number of hydrogen-bond acceptors (Lipinski definition) is 4. The molecule has 0 atom stereocenters. The lowest BCUT2D eigenvalue weighted by Gasteiger charge is -2.21. The van der Waals surface area contributed by atoms with Gasteiger partial charge in [-0.25, -0.2) is 0 Å². The van der Waals surface area contributed by atoms with Gasteiger partial charge >= 0.3 is 0 Å². The molecule has 1 saturated heterocycles. The number of aromatic amines is 1. The Kier molecular flexibility index (Phi) is 6.17. The van der Waals surface area contributed by atoms with E-state index in [2.05, 4.69) is 32.9 Å². The van der Waals surface area contributed by atoms with Crippen LogP contribution < -0.4 is 15.8 Å². The molecule has 150 valence electrons. The van der Waals surface area contributed by atoms with Crippen LogP contribution in [0.3, 0.4) is 0 Å². The first-order valence-electron chi connectivity index (χ1n) is 9.21. The van der Waals surface area contributed by atoms with Crippen LogP contribution in [0, 0.1) is 0 Å². The number of hydrogen-bond donors (Lipinski definition) is 3. The fraction of sp³-hybridized carbons (Fsp3) is 0.400. The van der Waals surface area contributed by atoms with E-state index in [4.69, 9.17) is 10.5 Å². The predicted molar refractivity (Wildman–Crippen MR) is 117 cm³/mol. The van der Waals surface area contributed by atoms with Crippen molar-refractivity contribution in [2.75, 3.05) is 23.0 Å². The van der Waals surface area contributed by atoms with Crippen LogP contribution >= 0.6 is 22.6 Å². The van der Waals surface area contributed by atoms with Gasteiger partial charge in [-0.15, -0.1) is 0 Å². The lowest BCUT2D eigenvalue weighted by atomic mass is 9.84. The van der Waals surface area contributed by atoms with E-state index in [9.17, 15) is 9.59 Å². The molecule has 0 aliphatic carbocycles. The van der Waals surface area contributed by atoms with Crippen LogP contribution in [0.5, 0.6) is 5.75 Å². The molecular formula is C20H25IN4O3. The zero-order valence-electron chi connectivity index (χ0n) is 16.0. The van der Waals surface area contributed by atoms with Crippen molar-refractivity contribution >= 4 is 45.9 Å². The molecule has 1 fully saturated rings. The maximum absolute atomic E-state index is 12.7. The topological polar surface area (TPSA) is 100 Å². The summed E-state index contributed by atoms with van der Waals surface area (Å²) >= 11 is 2.12. The van der Waals surface area contributed by atoms with Gasteiger partial charge in [-0.05, 0) is 67.0 Å². The van der Waals surface area contributed by atoms with Gasteiger partial charge in [0, 0.05) is 24.8 Å². The third-order valence-electron chi connectivity index (χ3n) is 5.11. The molecule has 4 N–H and O–H groups in total. The van der Waals surface area contributed by atoms with E-state index in [0.29, 0.717) is 21.9 Å². The van der Waals surface area contributed by atoms with Crippen molar-refractivity contribution in [3.05, 3.63) is 41.6 Å². The molecule has 7 nitrogen and oxygen atoms in total. The average Bonchev–Trinajstić information content (AvgIpc) is 3.33. The van der Waals surface area contributed by atoms with E-state index in [1.54, 1.807) is 19.9 Å². The van der Waals surface area contributed by atoms with Crippen molar-refractivity contribution in [3.63, 3.8) is 0 Å². The first-order chi connectivity index (χ1) is 13.3. The first-order valence-corrected chi connectivity index (χ1v) is 10.7. The molecule has 0 bridgehead atoms. The highest BCUT2D eigenvalue weighted by molar-refractivity contribution is 14.1. The normalized spacial score (nSPS) is 14.2. The molecule has 8 heteroatoms. The van der Waals surface area contributed by atoms with E-state index >= 15 is 0 Å². The van der Waals surface area contributed by atoms with Gasteiger partial charge in [0.15, 0.2) is 11.6 Å². The second-order valence-corrected chi connectivity index (χ2v) is 7.99. The SMILES string of the molecule is CC(C)(C(N)=O)c1ccc(Nc2[nH]c(C(=O)N3CCCC3)cc2OCI)cc1. The number of ether oxygens (including phenoxy) is 1. The second-order valence-electron chi connectivity index (χ2n) is 7.37. The summed E-state index contributed by atoms with van der Waals surface area (Å²) < 4.78 is 6.14. The van der Waals surface area contributed by atoms with Crippen molar-refractivity contribution in [2.24, 2.45) is 5.73 Å². The molecule has 1 aromatic heterocycles. The monoisotopic (exact) mass is 496 g/mol. The molecular weight excluding hydrogens is 471 g/mol. The summed E-state index contributed by atoms with van der Waals surface area (Å²) in [6.45, 7) is 5.18. The number of rotatable bonds is 7. The Hall–Kier alpha value is -2.23. The van der Waals surface area contributed by atoms with Crippen LogP contribution in [0.1, 0.15) is 42.7 Å². The van der Waals surface area contributed by atoms with Gasteiger partial charge in [-0.3, -0.25) is 9.59 Å². The Morgan fingerprint density at radius 1 is 1.25 bits per heavy atom. The number of carbonyl (C=O) groups is 2. The number of amides is 2. The summed E-state index contributed by atoms with van der Waals surface area (Å²) in [7, 11) is 0. The fourth-order valence-corrected chi connectivity index (χ4v) is 3.50. The van der Waals surface area contributed by atoms with Crippen LogP contribution in [-0.2, 0) is 10.2 Å². The van der Waals surface area contributed by atoms with Crippen molar-refractivity contribution in [3.8, 4) is 5.75 Å². The molecule has 0 spiro atoms. The minimum absolute atomic E-state index is 0.0117. The van der Waals surface area contributed by atoms with Crippen LogP contribution in [0.25, 0.3) is 0 Å². The smallest absolute Gasteiger partial charge is 0.270 e. The van der Waals surface area contributed by atoms with Gasteiger partial charge in [-0.2, -0.15) is 0 Å². The van der Waals surface area contributed by atoms with E-state index < -0.39 is 5.41 Å². The van der Waals surface area contributed by atoms with Gasteiger partial charge in [0.05, 0.1) is 5.41 Å². The lowest BCUT2D eigenvalue weighted by molar-refractivity contribution is -0.122. The molecule has 1 aromatic carbocycles. The van der Waals surface area contributed by atoms with Gasteiger partial charge in [0.1, 0.15) is 10.3 Å². The van der Waals surface area contributed by atoms with Crippen LogP contribution in [-0.4, -0.2) is 39.4 Å². The molecule has 3 rings (SSSR count). The molecule has 28 heavy (non-hydrogen) atoms. The largest absolute Gasteiger partial charge is 0.479 e. The van der Waals surface area contributed by atoms with Gasteiger partial charge in [0.2, 0.25) is 5.91 Å². The summed E-state index contributed by atoms with van der Waals surface area (Å²) in [5, 5.41) is 3.26. The minimum atomic E-state index is -0.740. The standard InChI is InChI=1S/C20H25IN4O3/c1-20(2,19(22)27)13-5-7-14(8-6-13)23-17-16(28-12-21)11-15(24-17)18(26)25-9-3-4-10-25/h5-8,11,23-24H,3-4,9-10,12H2,1-2H3,(H2,22,27). The van der Waals surface area contributed by atoms with Crippen molar-refractivity contribution in [2.45, 2.75) is 32.1 Å². The maximum atomic E-state index is 12.7. The fourth-order valence-electron chi connectivity index (χ4n) is 3.16. The second kappa shape index (κ2) is 8.42. The Morgan fingerprint density at radius 3 is 2.46 bits per heavy atom. The van der Waals surface area contributed by atoms with Crippen molar-refractivity contribution < 1.29 is 14.3 Å². The third-order valence-corrected chi connectivity index (χ3v) is 5.42. The van der Waals surface area contributed by atoms with E-state index in [-0.39, 0.29) is 11.8 Å². The quantitative estimate of drug-likeness (QED) is 0.404. The van der Waals surface area contributed by atoms with Crippen LogP contribution in [0.4, 0.5) is 11.5 Å². The molecule has 0 unspecified atom stereocenters. The summed E-state index contributed by atoms with van der Waals surface area (Å²) in [6.07, 6.45) is 2.09. The van der Waals surface area contributed by atoms with Gasteiger partial charge < -0.3 is 25.7 Å². The van der Waals surface area contributed by atoms with Gasteiger partial charge in [0.25, 0.3) is 5.91 Å². The van der Waals surface area contributed by atoms with Crippen LogP contribution in [0.15, 0.2) is 30.3 Å². The zero-order valence-corrected chi connectivity index (χ0v) is 18.2. The zero-order chi connectivity index (χ0) is 20.3. The first kappa shape index (κ1) is 20.5. The molecule has 2 amide bonds. The number of carbonyl (C=O) groups excluding carboxylic acids is 2. The molecule has 1 aliphatic rings. The molecule has 1 aliphatic heterocycles. The van der Waals surface area contributed by atoms with Crippen LogP contribution in [0.2, 0.25) is 0 Å². The highest BCUT2D eigenvalue weighted by atomic mass is 127. The van der Waals surface area contributed by atoms with Crippen molar-refractivity contribution in [1.29, 1.82) is 0 Å². The average molecular weight is 496 g/mol. The Bertz CT molecular complexity index is 855. The van der Waals surface area contributed by atoms with E-state index in [1.807, 2.05) is 29.2 Å². The number of nitrogens with one attached hydrogen (secondary N) is 2. The molecule has 2 heterocycles. The lowest BCUT2D eigenvalue weighted by Crippen LogP contribution is -2.35. The number of benzene rings is 1. The van der Waals surface area contributed by atoms with E-state index in [1.165, 1.54) is 0 Å². The molecule has 0 saturated carbocycles. The Labute approximate surface area is 178 Å². The number of H-pyrrole nitrogens is 1. The Balaban J connectivity index is 1.81. The number of halogens is 1.